The minimum absolute atomic E-state index is 0.154. The molecule has 0 bridgehead atoms. The van der Waals surface area contributed by atoms with Crippen molar-refractivity contribution in [1.29, 1.82) is 0 Å². The number of anilines is 2. The topological polar surface area (TPSA) is 58.2 Å². The van der Waals surface area contributed by atoms with Crippen molar-refractivity contribution in [2.24, 2.45) is 0 Å². The number of rotatable bonds is 4. The van der Waals surface area contributed by atoms with E-state index in [9.17, 15) is 14.0 Å². The van der Waals surface area contributed by atoms with Gasteiger partial charge in [0.15, 0.2) is 0 Å². The number of carbonyl (C=O) groups excluding carboxylic acids is 2. The van der Waals surface area contributed by atoms with E-state index in [0.717, 1.165) is 0 Å². The third kappa shape index (κ3) is 4.30. The van der Waals surface area contributed by atoms with E-state index >= 15 is 0 Å². The van der Waals surface area contributed by atoms with Crippen LogP contribution in [0.2, 0.25) is 5.02 Å². The Labute approximate surface area is 132 Å². The maximum atomic E-state index is 13.6. The zero-order valence-electron chi connectivity index (χ0n) is 11.8. The predicted octanol–water partition coefficient (Wildman–Crippen LogP) is 3.62. The van der Waals surface area contributed by atoms with Crippen molar-refractivity contribution in [2.45, 2.75) is 13.3 Å². The van der Waals surface area contributed by atoms with Crippen molar-refractivity contribution in [3.8, 4) is 0 Å². The zero-order valence-corrected chi connectivity index (χ0v) is 12.6. The molecule has 114 valence electrons. The van der Waals surface area contributed by atoms with Gasteiger partial charge < -0.3 is 10.6 Å². The molecule has 0 saturated heterocycles. The molecule has 0 heterocycles. The third-order valence-electron chi connectivity index (χ3n) is 2.89. The minimum atomic E-state index is -0.511. The molecule has 2 N–H and O–H groups in total. The van der Waals surface area contributed by atoms with E-state index in [1.807, 2.05) is 0 Å². The Morgan fingerprint density at radius 3 is 2.18 bits per heavy atom. The molecule has 0 unspecified atom stereocenters. The van der Waals surface area contributed by atoms with Crippen molar-refractivity contribution >= 4 is 34.8 Å². The molecular formula is C16H14ClFN2O2. The number of hydrogen-bond acceptors (Lipinski definition) is 2. The number of hydrogen-bond donors (Lipinski definition) is 2. The Morgan fingerprint density at radius 1 is 1.05 bits per heavy atom. The molecule has 2 aromatic carbocycles. The highest BCUT2D eigenvalue weighted by Gasteiger charge is 2.12. The largest absolute Gasteiger partial charge is 0.326 e. The predicted molar refractivity (Wildman–Crippen MR) is 84.5 cm³/mol. The lowest BCUT2D eigenvalue weighted by molar-refractivity contribution is -0.116. The first-order valence-corrected chi connectivity index (χ1v) is 6.94. The van der Waals surface area contributed by atoms with Gasteiger partial charge in [-0.3, -0.25) is 9.59 Å². The first-order chi connectivity index (χ1) is 10.5. The quantitative estimate of drug-likeness (QED) is 0.904. The molecule has 0 aliphatic carbocycles. The van der Waals surface area contributed by atoms with Crippen LogP contribution in [-0.2, 0) is 16.0 Å². The molecule has 2 amide bonds. The van der Waals surface area contributed by atoms with Crippen LogP contribution in [0, 0.1) is 5.82 Å². The average molecular weight is 321 g/mol. The first-order valence-electron chi connectivity index (χ1n) is 6.56. The summed E-state index contributed by atoms with van der Waals surface area (Å²) in [5.74, 6) is -1.06. The van der Waals surface area contributed by atoms with Gasteiger partial charge in [-0.25, -0.2) is 4.39 Å². The van der Waals surface area contributed by atoms with Crippen LogP contribution < -0.4 is 10.6 Å². The van der Waals surface area contributed by atoms with Crippen molar-refractivity contribution in [1.82, 2.24) is 0 Å². The molecule has 22 heavy (non-hydrogen) atoms. The maximum absolute atomic E-state index is 13.6. The van der Waals surface area contributed by atoms with Crippen molar-refractivity contribution in [3.63, 3.8) is 0 Å². The van der Waals surface area contributed by atoms with E-state index in [4.69, 9.17) is 11.6 Å². The summed E-state index contributed by atoms with van der Waals surface area (Å²) in [5, 5.41) is 5.49. The summed E-state index contributed by atoms with van der Waals surface area (Å²) in [6.07, 6.45) is -0.154. The highest BCUT2D eigenvalue weighted by Crippen LogP contribution is 2.20. The van der Waals surface area contributed by atoms with Gasteiger partial charge in [-0.2, -0.15) is 0 Å². The van der Waals surface area contributed by atoms with Crippen LogP contribution in [0.3, 0.4) is 0 Å². The van der Waals surface area contributed by atoms with Crippen LogP contribution in [0.25, 0.3) is 0 Å². The van der Waals surface area contributed by atoms with Gasteiger partial charge >= 0.3 is 0 Å². The lowest BCUT2D eigenvalue weighted by Crippen LogP contribution is -2.15. The Hall–Kier alpha value is -2.40. The molecule has 6 heteroatoms. The van der Waals surface area contributed by atoms with Gasteiger partial charge in [-0.15, -0.1) is 0 Å². The number of nitrogens with one attached hydrogen (secondary N) is 2. The minimum Gasteiger partial charge on any atom is -0.326 e. The lowest BCUT2D eigenvalue weighted by Gasteiger charge is -2.08. The van der Waals surface area contributed by atoms with Gasteiger partial charge in [0.1, 0.15) is 5.82 Å². The summed E-state index contributed by atoms with van der Waals surface area (Å²) >= 11 is 5.89. The second-order valence-electron chi connectivity index (χ2n) is 4.68. The maximum Gasteiger partial charge on any atom is 0.228 e. The molecular weight excluding hydrogens is 307 g/mol. The van der Waals surface area contributed by atoms with Gasteiger partial charge in [0.05, 0.1) is 6.42 Å². The number of halogens is 2. The summed E-state index contributed by atoms with van der Waals surface area (Å²) in [5.41, 5.74) is 1.34. The fraction of sp³-hybridized carbons (Fsp3) is 0.125. The van der Waals surface area contributed by atoms with E-state index in [0.29, 0.717) is 11.4 Å². The summed E-state index contributed by atoms with van der Waals surface area (Å²) in [6.45, 7) is 1.41. The molecule has 0 fully saturated rings. The van der Waals surface area contributed by atoms with Crippen LogP contribution in [0.5, 0.6) is 0 Å². The summed E-state index contributed by atoms with van der Waals surface area (Å²) < 4.78 is 13.6. The molecule has 0 radical (unpaired) electrons. The van der Waals surface area contributed by atoms with E-state index in [1.54, 1.807) is 24.3 Å². The molecule has 0 saturated carbocycles. The smallest absolute Gasteiger partial charge is 0.228 e. The van der Waals surface area contributed by atoms with Crippen LogP contribution in [-0.4, -0.2) is 11.8 Å². The summed E-state index contributed by atoms with van der Waals surface area (Å²) in [6, 6.07) is 10.9. The van der Waals surface area contributed by atoms with Crippen LogP contribution in [0.15, 0.2) is 42.5 Å². The van der Waals surface area contributed by atoms with Crippen LogP contribution >= 0.6 is 11.6 Å². The molecule has 0 spiro atoms. The molecule has 0 aromatic heterocycles. The van der Waals surface area contributed by atoms with Gasteiger partial charge in [0.25, 0.3) is 0 Å². The van der Waals surface area contributed by atoms with Gasteiger partial charge in [-0.05, 0) is 36.4 Å². The van der Waals surface area contributed by atoms with Crippen molar-refractivity contribution in [3.05, 3.63) is 58.9 Å². The third-order valence-corrected chi connectivity index (χ3v) is 3.24. The number of amides is 2. The molecule has 2 rings (SSSR count). The summed E-state index contributed by atoms with van der Waals surface area (Å²) in [7, 11) is 0. The molecule has 0 aliphatic rings. The zero-order chi connectivity index (χ0) is 16.1. The second-order valence-corrected chi connectivity index (χ2v) is 5.09. The fourth-order valence-corrected chi connectivity index (χ4v) is 2.14. The normalized spacial score (nSPS) is 10.1. The SMILES string of the molecule is CC(=O)Nc1ccc(NC(=O)Cc2c(F)cccc2Cl)cc1. The molecule has 4 nitrogen and oxygen atoms in total. The Balaban J connectivity index is 2.01. The van der Waals surface area contributed by atoms with Crippen molar-refractivity contribution in [2.75, 3.05) is 10.6 Å². The van der Waals surface area contributed by atoms with Gasteiger partial charge in [0, 0.05) is 28.9 Å². The number of carbonyl (C=O) groups is 2. The standard InChI is InChI=1S/C16H14ClFN2O2/c1-10(21)19-11-5-7-12(8-6-11)20-16(22)9-13-14(17)3-2-4-15(13)18/h2-8H,9H2,1H3,(H,19,21)(H,20,22). The van der Waals surface area contributed by atoms with Crippen LogP contribution in [0.4, 0.5) is 15.8 Å². The monoisotopic (exact) mass is 320 g/mol. The van der Waals surface area contributed by atoms with E-state index in [1.165, 1.54) is 25.1 Å². The molecule has 2 aromatic rings. The highest BCUT2D eigenvalue weighted by molar-refractivity contribution is 6.31. The molecule has 0 aliphatic heterocycles. The Kier molecular flexibility index (Phi) is 5.12. The second kappa shape index (κ2) is 7.04. The van der Waals surface area contributed by atoms with E-state index in [2.05, 4.69) is 10.6 Å². The fourth-order valence-electron chi connectivity index (χ4n) is 1.91. The lowest BCUT2D eigenvalue weighted by atomic mass is 10.1. The number of benzene rings is 2. The Bertz CT molecular complexity index is 682. The first kappa shape index (κ1) is 16.0. The van der Waals surface area contributed by atoms with Crippen LogP contribution in [0.1, 0.15) is 12.5 Å². The van der Waals surface area contributed by atoms with E-state index < -0.39 is 5.82 Å². The summed E-state index contributed by atoms with van der Waals surface area (Å²) in [4.78, 5) is 22.9. The van der Waals surface area contributed by atoms with Crippen molar-refractivity contribution < 1.29 is 14.0 Å². The molecule has 0 atom stereocenters. The Morgan fingerprint density at radius 2 is 1.64 bits per heavy atom. The van der Waals surface area contributed by atoms with Gasteiger partial charge in [0.2, 0.25) is 11.8 Å². The average Bonchev–Trinajstić information content (AvgIpc) is 2.45. The highest BCUT2D eigenvalue weighted by atomic mass is 35.5. The van der Waals surface area contributed by atoms with E-state index in [-0.39, 0.29) is 28.8 Å². The van der Waals surface area contributed by atoms with Gasteiger partial charge in [-0.1, -0.05) is 17.7 Å².